The maximum absolute atomic E-state index is 12.3. The first-order valence-corrected chi connectivity index (χ1v) is 8.35. The number of aromatic amines is 1. The standard InChI is InChI=1S/C17H17N5O5/c23-9-14-13(24)6-15(27-14)21-7-11(16(25)18-17(21)26)12-8-22(20-19-12)10-4-2-1-3-5-10/h1-5,7-8,13-15,23-24H,6,9H2,(H,18,25,26)/t13?,14-,15-/m0/s1. The summed E-state index contributed by atoms with van der Waals surface area (Å²) < 4.78 is 8.19. The van der Waals surface area contributed by atoms with Gasteiger partial charge in [0.1, 0.15) is 18.0 Å². The van der Waals surface area contributed by atoms with Crippen molar-refractivity contribution in [1.29, 1.82) is 0 Å². The Morgan fingerprint density at radius 3 is 2.70 bits per heavy atom. The topological polar surface area (TPSA) is 135 Å². The minimum Gasteiger partial charge on any atom is -0.394 e. The number of rotatable bonds is 4. The van der Waals surface area contributed by atoms with Gasteiger partial charge in [0.25, 0.3) is 5.56 Å². The Morgan fingerprint density at radius 1 is 1.22 bits per heavy atom. The van der Waals surface area contributed by atoms with Crippen LogP contribution < -0.4 is 11.2 Å². The number of H-pyrrole nitrogens is 1. The van der Waals surface area contributed by atoms with E-state index in [-0.39, 0.29) is 24.3 Å². The highest BCUT2D eigenvalue weighted by molar-refractivity contribution is 5.55. The molecule has 10 nitrogen and oxygen atoms in total. The molecule has 3 aromatic rings. The molecule has 10 heteroatoms. The predicted molar refractivity (Wildman–Crippen MR) is 93.3 cm³/mol. The number of hydrogen-bond donors (Lipinski definition) is 3. The second-order valence-corrected chi connectivity index (χ2v) is 6.21. The molecule has 1 unspecified atom stereocenters. The highest BCUT2D eigenvalue weighted by Gasteiger charge is 2.35. The lowest BCUT2D eigenvalue weighted by molar-refractivity contribution is -0.0458. The first kappa shape index (κ1) is 17.3. The largest absolute Gasteiger partial charge is 0.394 e. The van der Waals surface area contributed by atoms with Gasteiger partial charge in [-0.2, -0.15) is 0 Å². The molecule has 3 atom stereocenters. The number of hydrogen-bond acceptors (Lipinski definition) is 7. The van der Waals surface area contributed by atoms with Crippen LogP contribution in [-0.2, 0) is 4.74 Å². The quantitative estimate of drug-likeness (QED) is 0.558. The normalized spacial score (nSPS) is 22.2. The van der Waals surface area contributed by atoms with E-state index in [9.17, 15) is 19.8 Å². The van der Waals surface area contributed by atoms with Crippen LogP contribution in [0.4, 0.5) is 0 Å². The zero-order valence-corrected chi connectivity index (χ0v) is 14.1. The zero-order valence-electron chi connectivity index (χ0n) is 14.1. The van der Waals surface area contributed by atoms with E-state index in [0.717, 1.165) is 5.69 Å². The molecule has 1 aliphatic rings. The van der Waals surface area contributed by atoms with Crippen LogP contribution in [0.2, 0.25) is 0 Å². The summed E-state index contributed by atoms with van der Waals surface area (Å²) in [6.45, 7) is -0.367. The number of aromatic nitrogens is 5. The molecule has 1 saturated heterocycles. The van der Waals surface area contributed by atoms with E-state index in [4.69, 9.17) is 4.74 Å². The van der Waals surface area contributed by atoms with Gasteiger partial charge in [0.15, 0.2) is 0 Å². The summed E-state index contributed by atoms with van der Waals surface area (Å²) in [6.07, 6.45) is 0.544. The Morgan fingerprint density at radius 2 is 2.00 bits per heavy atom. The van der Waals surface area contributed by atoms with Crippen molar-refractivity contribution in [3.8, 4) is 16.9 Å². The predicted octanol–water partition coefficient (Wildman–Crippen LogP) is -0.575. The number of nitrogens with one attached hydrogen (secondary N) is 1. The van der Waals surface area contributed by atoms with Gasteiger partial charge in [-0.1, -0.05) is 23.4 Å². The molecule has 27 heavy (non-hydrogen) atoms. The summed E-state index contributed by atoms with van der Waals surface area (Å²) in [6, 6.07) is 9.25. The molecular weight excluding hydrogens is 354 g/mol. The van der Waals surface area contributed by atoms with Crippen molar-refractivity contribution < 1.29 is 14.9 Å². The third kappa shape index (κ3) is 3.21. The fourth-order valence-electron chi connectivity index (χ4n) is 3.03. The van der Waals surface area contributed by atoms with E-state index < -0.39 is 29.7 Å². The molecule has 0 bridgehead atoms. The summed E-state index contributed by atoms with van der Waals surface area (Å²) in [5, 5.41) is 27.1. The first-order valence-electron chi connectivity index (χ1n) is 8.35. The van der Waals surface area contributed by atoms with Crippen molar-refractivity contribution in [2.45, 2.75) is 24.9 Å². The van der Waals surface area contributed by atoms with Crippen LogP contribution in [0.1, 0.15) is 12.6 Å². The van der Waals surface area contributed by atoms with Crippen LogP contribution in [0.15, 0.2) is 52.3 Å². The van der Waals surface area contributed by atoms with Crippen LogP contribution in [0.5, 0.6) is 0 Å². The smallest absolute Gasteiger partial charge is 0.330 e. The summed E-state index contributed by atoms with van der Waals surface area (Å²) in [5.41, 5.74) is -0.0777. The fraction of sp³-hybridized carbons (Fsp3) is 0.294. The van der Waals surface area contributed by atoms with Gasteiger partial charge in [0.05, 0.1) is 30.2 Å². The SMILES string of the molecule is O=c1[nH]c(=O)n([C@@H]2CC(O)[C@H](CO)O2)cc1-c1cn(-c2ccccc2)nn1. The second kappa shape index (κ2) is 6.91. The van der Waals surface area contributed by atoms with Gasteiger partial charge in [0, 0.05) is 12.6 Å². The first-order chi connectivity index (χ1) is 13.1. The Balaban J connectivity index is 1.71. The molecule has 0 amide bonds. The molecule has 3 N–H and O–H groups in total. The van der Waals surface area contributed by atoms with Gasteiger partial charge in [-0.05, 0) is 12.1 Å². The van der Waals surface area contributed by atoms with Crippen molar-refractivity contribution in [3.63, 3.8) is 0 Å². The maximum Gasteiger partial charge on any atom is 0.330 e. The Bertz CT molecular complexity index is 1060. The van der Waals surface area contributed by atoms with Gasteiger partial charge < -0.3 is 14.9 Å². The number of nitrogens with zero attached hydrogens (tertiary/aromatic N) is 4. The van der Waals surface area contributed by atoms with Crippen LogP contribution >= 0.6 is 0 Å². The number of ether oxygens (including phenoxy) is 1. The van der Waals surface area contributed by atoms with Crippen molar-refractivity contribution in [2.24, 2.45) is 0 Å². The van der Waals surface area contributed by atoms with Gasteiger partial charge in [0.2, 0.25) is 0 Å². The summed E-state index contributed by atoms with van der Waals surface area (Å²) >= 11 is 0. The number of benzene rings is 1. The van der Waals surface area contributed by atoms with E-state index in [0.29, 0.717) is 0 Å². The summed E-state index contributed by atoms with van der Waals surface area (Å²) in [4.78, 5) is 26.7. The molecule has 1 fully saturated rings. The summed E-state index contributed by atoms with van der Waals surface area (Å²) in [7, 11) is 0. The average molecular weight is 371 g/mol. The molecule has 4 rings (SSSR count). The lowest BCUT2D eigenvalue weighted by atomic mass is 10.2. The number of para-hydroxylation sites is 1. The van der Waals surface area contributed by atoms with Gasteiger partial charge in [-0.15, -0.1) is 5.10 Å². The molecule has 1 aromatic carbocycles. The van der Waals surface area contributed by atoms with Crippen molar-refractivity contribution in [2.75, 3.05) is 6.61 Å². The second-order valence-electron chi connectivity index (χ2n) is 6.21. The van der Waals surface area contributed by atoms with Gasteiger partial charge in [-0.3, -0.25) is 14.3 Å². The zero-order chi connectivity index (χ0) is 19.0. The van der Waals surface area contributed by atoms with Crippen LogP contribution in [0, 0.1) is 0 Å². The van der Waals surface area contributed by atoms with E-state index in [2.05, 4.69) is 15.3 Å². The van der Waals surface area contributed by atoms with Gasteiger partial charge >= 0.3 is 5.69 Å². The highest BCUT2D eigenvalue weighted by atomic mass is 16.5. The minimum absolute atomic E-state index is 0.118. The molecule has 0 spiro atoms. The lowest BCUT2D eigenvalue weighted by Crippen LogP contribution is -2.33. The van der Waals surface area contributed by atoms with Gasteiger partial charge in [-0.25, -0.2) is 9.48 Å². The highest BCUT2D eigenvalue weighted by Crippen LogP contribution is 2.27. The average Bonchev–Trinajstić information content (AvgIpc) is 3.29. The minimum atomic E-state index is -0.902. The third-order valence-electron chi connectivity index (χ3n) is 4.45. The molecule has 0 radical (unpaired) electrons. The van der Waals surface area contributed by atoms with Crippen molar-refractivity contribution in [1.82, 2.24) is 24.5 Å². The Kier molecular flexibility index (Phi) is 4.44. The van der Waals surface area contributed by atoms with Crippen molar-refractivity contribution in [3.05, 3.63) is 63.6 Å². The molecule has 0 aliphatic carbocycles. The van der Waals surface area contributed by atoms with Crippen LogP contribution in [0.3, 0.4) is 0 Å². The molecule has 140 valence electrons. The van der Waals surface area contributed by atoms with Crippen molar-refractivity contribution >= 4 is 0 Å². The monoisotopic (exact) mass is 371 g/mol. The molecule has 2 aromatic heterocycles. The Labute approximate surface area is 152 Å². The molecular formula is C17H17N5O5. The third-order valence-corrected chi connectivity index (χ3v) is 4.45. The molecule has 0 saturated carbocycles. The fourth-order valence-corrected chi connectivity index (χ4v) is 3.03. The lowest BCUT2D eigenvalue weighted by Gasteiger charge is -2.14. The molecule has 3 heterocycles. The van der Waals surface area contributed by atoms with E-state index in [1.807, 2.05) is 30.3 Å². The van der Waals surface area contributed by atoms with E-state index in [1.165, 1.54) is 15.4 Å². The molecule has 1 aliphatic heterocycles. The Hall–Kier alpha value is -3.08. The summed E-state index contributed by atoms with van der Waals surface area (Å²) in [5.74, 6) is 0. The number of aliphatic hydroxyl groups excluding tert-OH is 2. The van der Waals surface area contributed by atoms with E-state index >= 15 is 0 Å². The number of aliphatic hydroxyl groups is 2. The maximum atomic E-state index is 12.3. The van der Waals surface area contributed by atoms with Crippen LogP contribution in [0.25, 0.3) is 16.9 Å². The van der Waals surface area contributed by atoms with Crippen LogP contribution in [-0.4, -0.2) is 53.6 Å². The van der Waals surface area contributed by atoms with E-state index in [1.54, 1.807) is 6.20 Å².